The quantitative estimate of drug-likeness (QED) is 0.792. The molecule has 2 N–H and O–H groups in total. The van der Waals surface area contributed by atoms with Gasteiger partial charge in [-0.2, -0.15) is 4.31 Å². The highest BCUT2D eigenvalue weighted by Gasteiger charge is 2.28. The van der Waals surface area contributed by atoms with Gasteiger partial charge < -0.3 is 10.5 Å². The maximum absolute atomic E-state index is 12.6. The van der Waals surface area contributed by atoms with Crippen molar-refractivity contribution in [3.63, 3.8) is 0 Å². The zero-order valence-electron chi connectivity index (χ0n) is 11.6. The molecule has 0 saturated heterocycles. The summed E-state index contributed by atoms with van der Waals surface area (Å²) in [5, 5.41) is 1.65. The Kier molecular flexibility index (Phi) is 6.41. The zero-order chi connectivity index (χ0) is 14.5. The highest BCUT2D eigenvalue weighted by Crippen LogP contribution is 2.24. The predicted octanol–water partition coefficient (Wildman–Crippen LogP) is 1.64. The second-order valence-electron chi connectivity index (χ2n) is 4.32. The smallest absolute Gasteiger partial charge is 0.244 e. The Balaban J connectivity index is 3.04. The fourth-order valence-corrected chi connectivity index (χ4v) is 4.53. The lowest BCUT2D eigenvalue weighted by Gasteiger charge is -2.26. The van der Waals surface area contributed by atoms with Crippen molar-refractivity contribution in [3.8, 4) is 0 Å². The number of thiophene rings is 1. The Morgan fingerprint density at radius 3 is 2.68 bits per heavy atom. The summed E-state index contributed by atoms with van der Waals surface area (Å²) in [6, 6.07) is 1.60. The first-order chi connectivity index (χ1) is 8.97. The molecule has 1 atom stereocenters. The van der Waals surface area contributed by atoms with E-state index in [1.54, 1.807) is 18.6 Å². The molecular weight excluding hydrogens is 284 g/mol. The van der Waals surface area contributed by atoms with Crippen molar-refractivity contribution in [3.05, 3.63) is 16.3 Å². The van der Waals surface area contributed by atoms with Crippen LogP contribution in [0.15, 0.2) is 16.3 Å². The maximum atomic E-state index is 12.6. The van der Waals surface area contributed by atoms with Crippen LogP contribution in [0.5, 0.6) is 0 Å². The third-order valence-corrected chi connectivity index (χ3v) is 6.14. The minimum atomic E-state index is -3.47. The fraction of sp³-hybridized carbons (Fsp3) is 0.667. The normalized spacial score (nSPS) is 13.9. The number of ether oxygens (including phenoxy) is 1. The van der Waals surface area contributed by atoms with Gasteiger partial charge in [-0.3, -0.25) is 0 Å². The number of rotatable bonds is 8. The average Bonchev–Trinajstić information content (AvgIpc) is 2.88. The number of sulfonamides is 1. The Morgan fingerprint density at radius 2 is 2.21 bits per heavy atom. The lowest BCUT2D eigenvalue weighted by Crippen LogP contribution is -2.40. The molecule has 0 bridgehead atoms. The van der Waals surface area contributed by atoms with Crippen molar-refractivity contribution in [1.82, 2.24) is 4.31 Å². The summed E-state index contributed by atoms with van der Waals surface area (Å²) >= 11 is 1.37. The third kappa shape index (κ3) is 4.00. The van der Waals surface area contributed by atoms with E-state index in [2.05, 4.69) is 0 Å². The number of nitrogens with two attached hydrogens (primary N) is 1. The molecule has 0 aromatic carbocycles. The summed E-state index contributed by atoms with van der Waals surface area (Å²) in [7, 11) is -1.90. The first-order valence-electron chi connectivity index (χ1n) is 6.25. The molecule has 0 aliphatic carbocycles. The van der Waals surface area contributed by atoms with Crippen LogP contribution >= 0.6 is 11.3 Å². The van der Waals surface area contributed by atoms with E-state index in [0.717, 1.165) is 11.3 Å². The van der Waals surface area contributed by atoms with Crippen LogP contribution in [-0.4, -0.2) is 39.0 Å². The summed E-state index contributed by atoms with van der Waals surface area (Å²) in [6.45, 7) is 4.99. The van der Waals surface area contributed by atoms with Gasteiger partial charge >= 0.3 is 0 Å². The van der Waals surface area contributed by atoms with Gasteiger partial charge in [-0.1, -0.05) is 6.92 Å². The van der Waals surface area contributed by atoms with Gasteiger partial charge in [0.1, 0.15) is 0 Å². The van der Waals surface area contributed by atoms with Crippen LogP contribution in [0.2, 0.25) is 0 Å². The molecule has 0 aliphatic heterocycles. The molecular formula is C12H22N2O3S2. The lowest BCUT2D eigenvalue weighted by atomic mass is 10.3. The van der Waals surface area contributed by atoms with E-state index in [9.17, 15) is 8.42 Å². The van der Waals surface area contributed by atoms with Crippen molar-refractivity contribution >= 4 is 21.4 Å². The fourth-order valence-electron chi connectivity index (χ4n) is 1.70. The summed E-state index contributed by atoms with van der Waals surface area (Å²) in [6.07, 6.45) is 0.761. The first kappa shape index (κ1) is 16.6. The molecule has 0 fully saturated rings. The molecule has 110 valence electrons. The van der Waals surface area contributed by atoms with Gasteiger partial charge in [0.15, 0.2) is 0 Å². The molecule has 1 aromatic rings. The van der Waals surface area contributed by atoms with Crippen molar-refractivity contribution in [1.29, 1.82) is 0 Å². The van der Waals surface area contributed by atoms with E-state index < -0.39 is 10.0 Å². The minimum Gasteiger partial charge on any atom is -0.383 e. The summed E-state index contributed by atoms with van der Waals surface area (Å²) in [5.74, 6) is 0. The summed E-state index contributed by atoms with van der Waals surface area (Å²) in [4.78, 5) is 1.20. The van der Waals surface area contributed by atoms with Crippen molar-refractivity contribution in [2.45, 2.75) is 37.8 Å². The van der Waals surface area contributed by atoms with Gasteiger partial charge in [0.2, 0.25) is 10.0 Å². The molecule has 1 aromatic heterocycles. The predicted molar refractivity (Wildman–Crippen MR) is 77.7 cm³/mol. The number of nitrogens with zero attached hydrogens (tertiary/aromatic N) is 1. The van der Waals surface area contributed by atoms with Crippen LogP contribution in [-0.2, 0) is 21.3 Å². The van der Waals surface area contributed by atoms with Crippen LogP contribution in [0, 0.1) is 0 Å². The Morgan fingerprint density at radius 1 is 1.53 bits per heavy atom. The molecule has 0 spiro atoms. The van der Waals surface area contributed by atoms with Gasteiger partial charge in [0.05, 0.1) is 11.5 Å². The van der Waals surface area contributed by atoms with Crippen LogP contribution in [0.25, 0.3) is 0 Å². The molecule has 0 saturated carbocycles. The van der Waals surface area contributed by atoms with Gasteiger partial charge in [0.25, 0.3) is 0 Å². The number of hydrogen-bond acceptors (Lipinski definition) is 5. The monoisotopic (exact) mass is 306 g/mol. The highest BCUT2D eigenvalue weighted by atomic mass is 32.2. The molecule has 5 nitrogen and oxygen atoms in total. The zero-order valence-corrected chi connectivity index (χ0v) is 13.3. The first-order valence-corrected chi connectivity index (χ1v) is 8.57. The highest BCUT2D eigenvalue weighted by molar-refractivity contribution is 7.89. The van der Waals surface area contributed by atoms with Gasteiger partial charge in [-0.15, -0.1) is 11.3 Å². The molecule has 19 heavy (non-hydrogen) atoms. The maximum Gasteiger partial charge on any atom is 0.244 e. The summed E-state index contributed by atoms with van der Waals surface area (Å²) < 4.78 is 31.7. The van der Waals surface area contributed by atoms with Gasteiger partial charge in [-0.25, -0.2) is 8.42 Å². The molecule has 0 amide bonds. The Hall–Kier alpha value is -0.470. The van der Waals surface area contributed by atoms with Crippen molar-refractivity contribution in [2.24, 2.45) is 5.73 Å². The molecule has 7 heteroatoms. The standard InChI is InChI=1S/C12H22N2O3S2/c1-4-10(2)14(5-6-17-3)19(15,16)12-7-11(8-13)18-9-12/h7,9-10H,4-6,8,13H2,1-3H3. The average molecular weight is 306 g/mol. The third-order valence-electron chi connectivity index (χ3n) is 3.04. The summed E-state index contributed by atoms with van der Waals surface area (Å²) in [5.41, 5.74) is 5.53. The number of hydrogen-bond donors (Lipinski definition) is 1. The van der Waals surface area contributed by atoms with E-state index in [4.69, 9.17) is 10.5 Å². The van der Waals surface area contributed by atoms with E-state index in [-0.39, 0.29) is 6.04 Å². The van der Waals surface area contributed by atoms with E-state index >= 15 is 0 Å². The van der Waals surface area contributed by atoms with Crippen molar-refractivity contribution in [2.75, 3.05) is 20.3 Å². The number of methoxy groups -OCH3 is 1. The molecule has 0 aliphatic rings. The lowest BCUT2D eigenvalue weighted by molar-refractivity contribution is 0.167. The van der Waals surface area contributed by atoms with E-state index in [1.807, 2.05) is 13.8 Å². The largest absolute Gasteiger partial charge is 0.383 e. The molecule has 0 radical (unpaired) electrons. The van der Waals surface area contributed by atoms with E-state index in [1.165, 1.54) is 15.6 Å². The van der Waals surface area contributed by atoms with Gasteiger partial charge in [0, 0.05) is 36.5 Å². The second-order valence-corrected chi connectivity index (χ2v) is 7.21. The second kappa shape index (κ2) is 7.35. The molecule has 1 heterocycles. The Labute approximate surface area is 119 Å². The topological polar surface area (TPSA) is 72.6 Å². The SMILES string of the molecule is CCC(C)N(CCOC)S(=O)(=O)c1csc(CN)c1. The van der Waals surface area contributed by atoms with Crippen LogP contribution in [0.1, 0.15) is 25.1 Å². The Bertz CT molecular complexity index is 485. The van der Waals surface area contributed by atoms with Crippen LogP contribution < -0.4 is 5.73 Å². The van der Waals surface area contributed by atoms with Gasteiger partial charge in [-0.05, 0) is 19.4 Å². The van der Waals surface area contributed by atoms with Crippen LogP contribution in [0.4, 0.5) is 0 Å². The molecule has 1 unspecified atom stereocenters. The van der Waals surface area contributed by atoms with Crippen molar-refractivity contribution < 1.29 is 13.2 Å². The minimum absolute atomic E-state index is 0.0543. The van der Waals surface area contributed by atoms with Crippen LogP contribution in [0.3, 0.4) is 0 Å². The van der Waals surface area contributed by atoms with E-state index in [0.29, 0.717) is 24.6 Å². The molecule has 1 rings (SSSR count).